The molecule has 1 atom stereocenters. The van der Waals surface area contributed by atoms with Gasteiger partial charge in [0.1, 0.15) is 5.82 Å². The number of hydrogen-bond acceptors (Lipinski definition) is 3. The number of benzene rings is 1. The van der Waals surface area contributed by atoms with Crippen molar-refractivity contribution < 1.29 is 23.9 Å². The molecule has 0 saturated heterocycles. The SMILES string of the molecule is CCC(C)C(=O)Nc1cc(C(=O)O)c(F)cc1NC(C)=O. The van der Waals surface area contributed by atoms with E-state index < -0.39 is 23.3 Å². The smallest absolute Gasteiger partial charge is 0.338 e. The van der Waals surface area contributed by atoms with Crippen molar-refractivity contribution in [3.63, 3.8) is 0 Å². The van der Waals surface area contributed by atoms with Gasteiger partial charge in [-0.05, 0) is 12.5 Å². The van der Waals surface area contributed by atoms with E-state index in [1.165, 1.54) is 6.92 Å². The second kappa shape index (κ2) is 6.83. The molecule has 21 heavy (non-hydrogen) atoms. The molecule has 0 spiro atoms. The molecule has 3 N–H and O–H groups in total. The molecule has 0 heterocycles. The lowest BCUT2D eigenvalue weighted by Crippen LogP contribution is -2.21. The molecule has 1 aromatic rings. The van der Waals surface area contributed by atoms with Crippen LogP contribution in [-0.4, -0.2) is 22.9 Å². The number of anilines is 2. The number of carboxylic acid groups (broad SMARTS) is 1. The van der Waals surface area contributed by atoms with Crippen LogP contribution < -0.4 is 10.6 Å². The lowest BCUT2D eigenvalue weighted by Gasteiger charge is -2.15. The van der Waals surface area contributed by atoms with E-state index in [4.69, 9.17) is 5.11 Å². The fraction of sp³-hybridized carbons (Fsp3) is 0.357. The van der Waals surface area contributed by atoms with Crippen LogP contribution in [0.5, 0.6) is 0 Å². The van der Waals surface area contributed by atoms with E-state index in [-0.39, 0.29) is 23.2 Å². The largest absolute Gasteiger partial charge is 0.478 e. The van der Waals surface area contributed by atoms with E-state index in [0.717, 1.165) is 12.1 Å². The number of halogens is 1. The van der Waals surface area contributed by atoms with Crippen molar-refractivity contribution in [2.24, 2.45) is 5.92 Å². The van der Waals surface area contributed by atoms with Crippen LogP contribution in [0.3, 0.4) is 0 Å². The molecular formula is C14H17FN2O4. The number of hydrogen-bond donors (Lipinski definition) is 3. The highest BCUT2D eigenvalue weighted by Gasteiger charge is 2.18. The van der Waals surface area contributed by atoms with Crippen molar-refractivity contribution >= 4 is 29.2 Å². The number of carbonyl (C=O) groups is 3. The summed E-state index contributed by atoms with van der Waals surface area (Å²) < 4.78 is 13.6. The minimum absolute atomic E-state index is 0.0154. The van der Waals surface area contributed by atoms with Crippen LogP contribution in [0.2, 0.25) is 0 Å². The first-order chi connectivity index (χ1) is 9.76. The maximum atomic E-state index is 13.6. The summed E-state index contributed by atoms with van der Waals surface area (Å²) in [6.07, 6.45) is 0.592. The predicted molar refractivity (Wildman–Crippen MR) is 75.7 cm³/mol. The molecule has 0 fully saturated rings. The Labute approximate surface area is 121 Å². The van der Waals surface area contributed by atoms with E-state index in [1.807, 2.05) is 6.92 Å². The predicted octanol–water partition coefficient (Wildman–Crippen LogP) is 2.47. The zero-order valence-electron chi connectivity index (χ0n) is 12.0. The van der Waals surface area contributed by atoms with Crippen LogP contribution in [-0.2, 0) is 9.59 Å². The molecule has 1 rings (SSSR count). The third-order valence-electron chi connectivity index (χ3n) is 2.97. The number of rotatable bonds is 5. The quantitative estimate of drug-likeness (QED) is 0.777. The second-order valence-corrected chi connectivity index (χ2v) is 4.66. The Bertz CT molecular complexity index is 587. The summed E-state index contributed by atoms with van der Waals surface area (Å²) in [5.74, 6) is -3.55. The van der Waals surface area contributed by atoms with Gasteiger partial charge in [-0.15, -0.1) is 0 Å². The number of carbonyl (C=O) groups excluding carboxylic acids is 2. The zero-order valence-corrected chi connectivity index (χ0v) is 12.0. The monoisotopic (exact) mass is 296 g/mol. The molecule has 0 aromatic heterocycles. The molecule has 2 amide bonds. The Morgan fingerprint density at radius 1 is 1.24 bits per heavy atom. The fourth-order valence-corrected chi connectivity index (χ4v) is 1.57. The third-order valence-corrected chi connectivity index (χ3v) is 2.97. The van der Waals surface area contributed by atoms with Gasteiger partial charge in [0.25, 0.3) is 0 Å². The number of carboxylic acids is 1. The number of nitrogens with one attached hydrogen (secondary N) is 2. The molecule has 114 valence electrons. The van der Waals surface area contributed by atoms with Gasteiger partial charge in [0.05, 0.1) is 16.9 Å². The standard InChI is InChI=1S/C14H17FN2O4/c1-4-7(2)13(19)17-11-5-9(14(20)21)10(15)6-12(11)16-8(3)18/h5-7H,4H2,1-3H3,(H,16,18)(H,17,19)(H,20,21). The van der Waals surface area contributed by atoms with Crippen LogP contribution in [0.15, 0.2) is 12.1 Å². The summed E-state index contributed by atoms with van der Waals surface area (Å²) in [6.45, 7) is 4.75. The maximum absolute atomic E-state index is 13.6. The molecule has 0 aliphatic carbocycles. The van der Waals surface area contributed by atoms with Gasteiger partial charge in [-0.3, -0.25) is 9.59 Å². The Morgan fingerprint density at radius 3 is 2.29 bits per heavy atom. The van der Waals surface area contributed by atoms with E-state index in [2.05, 4.69) is 10.6 Å². The Hall–Kier alpha value is -2.44. The molecule has 0 saturated carbocycles. The first-order valence-electron chi connectivity index (χ1n) is 6.41. The highest BCUT2D eigenvalue weighted by molar-refractivity contribution is 6.01. The van der Waals surface area contributed by atoms with Crippen LogP contribution in [0, 0.1) is 11.7 Å². The van der Waals surface area contributed by atoms with E-state index in [1.54, 1.807) is 6.92 Å². The van der Waals surface area contributed by atoms with Crippen molar-refractivity contribution in [3.8, 4) is 0 Å². The van der Waals surface area contributed by atoms with Crippen molar-refractivity contribution in [2.45, 2.75) is 27.2 Å². The maximum Gasteiger partial charge on any atom is 0.338 e. The van der Waals surface area contributed by atoms with Gasteiger partial charge in [0, 0.05) is 18.9 Å². The molecule has 6 nitrogen and oxygen atoms in total. The molecule has 0 aliphatic rings. The summed E-state index contributed by atoms with van der Waals surface area (Å²) in [4.78, 5) is 33.9. The van der Waals surface area contributed by atoms with Gasteiger partial charge in [0.15, 0.2) is 0 Å². The third kappa shape index (κ3) is 4.27. The van der Waals surface area contributed by atoms with Gasteiger partial charge in [-0.2, -0.15) is 0 Å². The minimum atomic E-state index is -1.46. The topological polar surface area (TPSA) is 95.5 Å². The Balaban J connectivity index is 3.24. The van der Waals surface area contributed by atoms with Crippen molar-refractivity contribution in [1.82, 2.24) is 0 Å². The van der Waals surface area contributed by atoms with Crippen molar-refractivity contribution in [3.05, 3.63) is 23.5 Å². The second-order valence-electron chi connectivity index (χ2n) is 4.66. The summed E-state index contributed by atoms with van der Waals surface area (Å²) in [6, 6.07) is 1.86. The molecular weight excluding hydrogens is 279 g/mol. The van der Waals surface area contributed by atoms with E-state index >= 15 is 0 Å². The summed E-state index contributed by atoms with van der Waals surface area (Å²) >= 11 is 0. The first kappa shape index (κ1) is 16.6. The van der Waals surface area contributed by atoms with Crippen molar-refractivity contribution in [2.75, 3.05) is 10.6 Å². The normalized spacial score (nSPS) is 11.6. The Morgan fingerprint density at radius 2 is 1.81 bits per heavy atom. The molecule has 0 bridgehead atoms. The first-order valence-corrected chi connectivity index (χ1v) is 6.41. The summed E-state index contributed by atoms with van der Waals surface area (Å²) in [7, 11) is 0. The van der Waals surface area contributed by atoms with Crippen molar-refractivity contribution in [1.29, 1.82) is 0 Å². The molecule has 7 heteroatoms. The lowest BCUT2D eigenvalue weighted by molar-refractivity contribution is -0.119. The summed E-state index contributed by atoms with van der Waals surface area (Å²) in [5.41, 5.74) is -0.514. The van der Waals surface area contributed by atoms with E-state index in [9.17, 15) is 18.8 Å². The van der Waals surface area contributed by atoms with Crippen LogP contribution in [0.1, 0.15) is 37.6 Å². The van der Waals surface area contributed by atoms with Crippen LogP contribution >= 0.6 is 0 Å². The average Bonchev–Trinajstić information content (AvgIpc) is 2.39. The Kier molecular flexibility index (Phi) is 5.40. The van der Waals surface area contributed by atoms with E-state index in [0.29, 0.717) is 6.42 Å². The average molecular weight is 296 g/mol. The lowest BCUT2D eigenvalue weighted by atomic mass is 10.1. The van der Waals surface area contributed by atoms with Gasteiger partial charge in [-0.1, -0.05) is 13.8 Å². The highest BCUT2D eigenvalue weighted by atomic mass is 19.1. The number of aromatic carboxylic acids is 1. The highest BCUT2D eigenvalue weighted by Crippen LogP contribution is 2.27. The van der Waals surface area contributed by atoms with Gasteiger partial charge >= 0.3 is 5.97 Å². The summed E-state index contributed by atoms with van der Waals surface area (Å²) in [5, 5.41) is 13.8. The molecule has 0 aliphatic heterocycles. The molecule has 1 unspecified atom stereocenters. The number of amides is 2. The molecule has 1 aromatic carbocycles. The van der Waals surface area contributed by atoms with Gasteiger partial charge < -0.3 is 15.7 Å². The van der Waals surface area contributed by atoms with Gasteiger partial charge in [-0.25, -0.2) is 9.18 Å². The zero-order chi connectivity index (χ0) is 16.2. The van der Waals surface area contributed by atoms with Gasteiger partial charge in [0.2, 0.25) is 11.8 Å². The van der Waals surface area contributed by atoms with Crippen LogP contribution in [0.4, 0.5) is 15.8 Å². The molecule has 0 radical (unpaired) electrons. The fourth-order valence-electron chi connectivity index (χ4n) is 1.57. The minimum Gasteiger partial charge on any atom is -0.478 e. The van der Waals surface area contributed by atoms with Crippen LogP contribution in [0.25, 0.3) is 0 Å².